The average molecular weight is 397 g/mol. The third-order valence-electron chi connectivity index (χ3n) is 4.89. The highest BCUT2D eigenvalue weighted by molar-refractivity contribution is 6.30. The highest BCUT2D eigenvalue weighted by Crippen LogP contribution is 2.31. The van der Waals surface area contributed by atoms with Crippen LogP contribution in [-0.4, -0.2) is 38.7 Å². The molecule has 1 saturated heterocycles. The van der Waals surface area contributed by atoms with Crippen molar-refractivity contribution in [2.75, 3.05) is 13.2 Å². The third-order valence-corrected chi connectivity index (χ3v) is 5.12. The highest BCUT2D eigenvalue weighted by Gasteiger charge is 2.31. The number of para-hydroxylation sites is 1. The molecule has 1 atom stereocenters. The van der Waals surface area contributed by atoms with E-state index < -0.39 is 0 Å². The second-order valence-corrected chi connectivity index (χ2v) is 7.18. The molecule has 7 heteroatoms. The Balaban J connectivity index is 1.52. The molecule has 2 heterocycles. The Morgan fingerprint density at radius 1 is 1.14 bits per heavy atom. The van der Waals surface area contributed by atoms with E-state index in [1.165, 1.54) is 0 Å². The predicted molar refractivity (Wildman–Crippen MR) is 107 cm³/mol. The molecule has 0 N–H and O–H groups in total. The first kappa shape index (κ1) is 18.5. The van der Waals surface area contributed by atoms with Gasteiger partial charge in [0, 0.05) is 17.3 Å². The molecule has 1 unspecified atom stereocenters. The van der Waals surface area contributed by atoms with E-state index in [0.717, 1.165) is 30.8 Å². The largest absolute Gasteiger partial charge is 0.484 e. The maximum Gasteiger partial charge on any atom is 0.261 e. The smallest absolute Gasteiger partial charge is 0.261 e. The first-order chi connectivity index (χ1) is 13.7. The monoisotopic (exact) mass is 396 g/mol. The summed E-state index contributed by atoms with van der Waals surface area (Å²) < 4.78 is 7.62. The number of hydrogen-bond donors (Lipinski definition) is 0. The molecule has 144 valence electrons. The molecule has 0 spiro atoms. The lowest BCUT2D eigenvalue weighted by molar-refractivity contribution is -0.137. The van der Waals surface area contributed by atoms with E-state index in [9.17, 15) is 4.79 Å². The van der Waals surface area contributed by atoms with Crippen LogP contribution >= 0.6 is 11.6 Å². The summed E-state index contributed by atoms with van der Waals surface area (Å²) in [5.41, 5.74) is 0.982. The average Bonchev–Trinajstić information content (AvgIpc) is 3.22. The second kappa shape index (κ2) is 8.44. The van der Waals surface area contributed by atoms with Crippen molar-refractivity contribution in [3.63, 3.8) is 0 Å². The van der Waals surface area contributed by atoms with Crippen LogP contribution in [0.2, 0.25) is 5.02 Å². The minimum Gasteiger partial charge on any atom is -0.484 e. The zero-order chi connectivity index (χ0) is 19.3. The molecule has 1 aromatic heterocycles. The quantitative estimate of drug-likeness (QED) is 0.652. The van der Waals surface area contributed by atoms with Crippen LogP contribution in [0.5, 0.6) is 5.75 Å². The highest BCUT2D eigenvalue weighted by atomic mass is 35.5. The van der Waals surface area contributed by atoms with E-state index in [0.29, 0.717) is 17.3 Å². The molecule has 1 fully saturated rings. The van der Waals surface area contributed by atoms with Gasteiger partial charge in [-0.25, -0.2) is 0 Å². The number of nitrogens with zero attached hydrogens (tertiary/aromatic N) is 4. The van der Waals surface area contributed by atoms with Gasteiger partial charge in [-0.05, 0) is 49.6 Å². The number of hydrogen-bond acceptors (Lipinski definition) is 4. The Kier molecular flexibility index (Phi) is 5.58. The summed E-state index contributed by atoms with van der Waals surface area (Å²) in [6, 6.07) is 16.9. The van der Waals surface area contributed by atoms with Crippen molar-refractivity contribution in [2.24, 2.45) is 0 Å². The molecule has 0 aliphatic carbocycles. The van der Waals surface area contributed by atoms with E-state index >= 15 is 0 Å². The van der Waals surface area contributed by atoms with Crippen molar-refractivity contribution in [3.05, 3.63) is 71.8 Å². The first-order valence-electron chi connectivity index (χ1n) is 9.35. The number of benzene rings is 2. The van der Waals surface area contributed by atoms with Gasteiger partial charge in [-0.1, -0.05) is 35.9 Å². The fourth-order valence-electron chi connectivity index (χ4n) is 3.54. The summed E-state index contributed by atoms with van der Waals surface area (Å²) >= 11 is 5.98. The van der Waals surface area contributed by atoms with Crippen molar-refractivity contribution in [1.29, 1.82) is 0 Å². The van der Waals surface area contributed by atoms with E-state index in [2.05, 4.69) is 10.2 Å². The first-order valence-corrected chi connectivity index (χ1v) is 9.73. The van der Waals surface area contributed by atoms with Crippen molar-refractivity contribution < 1.29 is 9.53 Å². The van der Waals surface area contributed by atoms with Crippen LogP contribution in [0.1, 0.15) is 31.1 Å². The van der Waals surface area contributed by atoms with Gasteiger partial charge in [0.25, 0.3) is 5.91 Å². The summed E-state index contributed by atoms with van der Waals surface area (Å²) in [7, 11) is 0. The van der Waals surface area contributed by atoms with Gasteiger partial charge >= 0.3 is 0 Å². The van der Waals surface area contributed by atoms with Gasteiger partial charge in [0.15, 0.2) is 12.4 Å². The summed E-state index contributed by atoms with van der Waals surface area (Å²) in [6.45, 7) is 0.653. The van der Waals surface area contributed by atoms with Crippen LogP contribution in [0, 0.1) is 0 Å². The molecule has 0 saturated carbocycles. The minimum absolute atomic E-state index is 0.0314. The van der Waals surface area contributed by atoms with E-state index in [1.807, 2.05) is 39.8 Å². The standard InChI is InChI=1S/C21H21ClN4O2/c22-16-7-6-10-18(13-16)28-14-20(27)25-12-5-4-11-19(25)21-24-23-15-26(21)17-8-2-1-3-9-17/h1-3,6-10,13,15,19H,4-5,11-12,14H2. The molecule has 0 radical (unpaired) electrons. The van der Waals surface area contributed by atoms with Gasteiger partial charge in [-0.2, -0.15) is 0 Å². The molecule has 0 bridgehead atoms. The molecule has 28 heavy (non-hydrogen) atoms. The van der Waals surface area contributed by atoms with Crippen LogP contribution in [0.15, 0.2) is 60.9 Å². The molecule has 1 amide bonds. The third kappa shape index (κ3) is 4.02. The summed E-state index contributed by atoms with van der Waals surface area (Å²) in [4.78, 5) is 14.8. The number of aromatic nitrogens is 3. The Hall–Kier alpha value is -2.86. The maximum atomic E-state index is 12.9. The van der Waals surface area contributed by atoms with Gasteiger partial charge in [-0.3, -0.25) is 9.36 Å². The van der Waals surface area contributed by atoms with Crippen LogP contribution in [0.25, 0.3) is 5.69 Å². The molecule has 4 rings (SSSR count). The number of likely N-dealkylation sites (tertiary alicyclic amines) is 1. The van der Waals surface area contributed by atoms with E-state index in [-0.39, 0.29) is 18.6 Å². The van der Waals surface area contributed by atoms with Gasteiger partial charge in [-0.15, -0.1) is 10.2 Å². The Bertz CT molecular complexity index is 944. The van der Waals surface area contributed by atoms with Crippen LogP contribution < -0.4 is 4.74 Å². The van der Waals surface area contributed by atoms with E-state index in [4.69, 9.17) is 16.3 Å². The molecule has 2 aromatic carbocycles. The van der Waals surface area contributed by atoms with Crippen molar-refractivity contribution in [3.8, 4) is 11.4 Å². The molecular formula is C21H21ClN4O2. The number of piperidine rings is 1. The zero-order valence-corrected chi connectivity index (χ0v) is 16.1. The van der Waals surface area contributed by atoms with Crippen molar-refractivity contribution in [2.45, 2.75) is 25.3 Å². The molecule has 6 nitrogen and oxygen atoms in total. The van der Waals surface area contributed by atoms with Crippen molar-refractivity contribution in [1.82, 2.24) is 19.7 Å². The second-order valence-electron chi connectivity index (χ2n) is 6.74. The topological polar surface area (TPSA) is 60.2 Å². The van der Waals surface area contributed by atoms with E-state index in [1.54, 1.807) is 30.6 Å². The number of carbonyl (C=O) groups excluding carboxylic acids is 1. The zero-order valence-electron chi connectivity index (χ0n) is 15.4. The SMILES string of the molecule is O=C(COc1cccc(Cl)c1)N1CCCCC1c1nncn1-c1ccccc1. The predicted octanol–water partition coefficient (Wildman–Crippen LogP) is 4.05. The summed E-state index contributed by atoms with van der Waals surface area (Å²) in [5.74, 6) is 1.30. The Labute approximate surface area is 168 Å². The summed E-state index contributed by atoms with van der Waals surface area (Å²) in [5, 5.41) is 9.02. The van der Waals surface area contributed by atoms with Crippen LogP contribution in [0.3, 0.4) is 0 Å². The molecule has 1 aliphatic heterocycles. The van der Waals surface area contributed by atoms with Gasteiger partial charge in [0.05, 0.1) is 6.04 Å². The fourth-order valence-corrected chi connectivity index (χ4v) is 3.72. The maximum absolute atomic E-state index is 12.9. The molecule has 1 aliphatic rings. The molecule has 3 aromatic rings. The van der Waals surface area contributed by atoms with Crippen LogP contribution in [-0.2, 0) is 4.79 Å². The van der Waals surface area contributed by atoms with Crippen LogP contribution in [0.4, 0.5) is 0 Å². The lowest BCUT2D eigenvalue weighted by atomic mass is 10.0. The fraction of sp³-hybridized carbons (Fsp3) is 0.286. The number of amides is 1. The lowest BCUT2D eigenvalue weighted by Gasteiger charge is -2.35. The Morgan fingerprint density at radius 2 is 2.00 bits per heavy atom. The van der Waals surface area contributed by atoms with Gasteiger partial charge in [0.2, 0.25) is 0 Å². The lowest BCUT2D eigenvalue weighted by Crippen LogP contribution is -2.42. The number of halogens is 1. The number of ether oxygens (including phenoxy) is 1. The summed E-state index contributed by atoms with van der Waals surface area (Å²) in [6.07, 6.45) is 4.57. The van der Waals surface area contributed by atoms with Crippen molar-refractivity contribution >= 4 is 17.5 Å². The number of carbonyl (C=O) groups is 1. The number of rotatable bonds is 5. The normalized spacial score (nSPS) is 16.8. The van der Waals surface area contributed by atoms with Gasteiger partial charge in [0.1, 0.15) is 12.1 Å². The minimum atomic E-state index is -0.119. The van der Waals surface area contributed by atoms with Gasteiger partial charge < -0.3 is 9.64 Å². The molecular weight excluding hydrogens is 376 g/mol. The Morgan fingerprint density at radius 3 is 2.82 bits per heavy atom.